The van der Waals surface area contributed by atoms with Crippen LogP contribution < -0.4 is 5.32 Å². The molecule has 1 amide bonds. The lowest BCUT2D eigenvalue weighted by Crippen LogP contribution is -2.31. The second-order valence-electron chi connectivity index (χ2n) is 5.69. The van der Waals surface area contributed by atoms with E-state index in [1.165, 1.54) is 12.8 Å². The molecule has 1 fully saturated rings. The van der Waals surface area contributed by atoms with Gasteiger partial charge in [0.1, 0.15) is 0 Å². The Hall–Kier alpha value is -1.61. The van der Waals surface area contributed by atoms with Gasteiger partial charge >= 0.3 is 0 Å². The first kappa shape index (κ1) is 14.3. The van der Waals surface area contributed by atoms with Gasteiger partial charge in [0.25, 0.3) is 5.91 Å². The van der Waals surface area contributed by atoms with E-state index in [9.17, 15) is 4.79 Å². The van der Waals surface area contributed by atoms with Gasteiger partial charge < -0.3 is 5.32 Å². The third-order valence-corrected chi connectivity index (χ3v) is 4.83. The Labute approximate surface area is 129 Å². The second kappa shape index (κ2) is 6.44. The van der Waals surface area contributed by atoms with Crippen LogP contribution in [-0.4, -0.2) is 23.3 Å². The Morgan fingerprint density at radius 1 is 1.24 bits per heavy atom. The van der Waals surface area contributed by atoms with Crippen LogP contribution in [0, 0.1) is 11.8 Å². The zero-order chi connectivity index (χ0) is 14.7. The molecule has 1 aromatic carbocycles. The third-order valence-electron chi connectivity index (χ3n) is 4.43. The summed E-state index contributed by atoms with van der Waals surface area (Å²) < 4.78 is 0. The van der Waals surface area contributed by atoms with Crippen LogP contribution in [0.4, 0.5) is 0 Å². The van der Waals surface area contributed by atoms with Crippen LogP contribution in [-0.2, 0) is 0 Å². The number of rotatable bonds is 4. The summed E-state index contributed by atoms with van der Waals surface area (Å²) in [6.07, 6.45) is 5.25. The van der Waals surface area contributed by atoms with E-state index in [1.807, 2.05) is 24.3 Å². The van der Waals surface area contributed by atoms with E-state index in [0.717, 1.165) is 17.3 Å². The summed E-state index contributed by atoms with van der Waals surface area (Å²) in [4.78, 5) is 16.7. The molecule has 4 heteroatoms. The normalized spacial score (nSPS) is 21.6. The number of benzene rings is 1. The van der Waals surface area contributed by atoms with Crippen molar-refractivity contribution in [2.45, 2.75) is 19.3 Å². The molecule has 0 saturated heterocycles. The molecular formula is C17H19ClN2O. The number of hydrogen-bond donors (Lipinski definition) is 1. The van der Waals surface area contributed by atoms with Crippen molar-refractivity contribution < 1.29 is 4.79 Å². The van der Waals surface area contributed by atoms with Gasteiger partial charge in [-0.2, -0.15) is 0 Å². The molecule has 1 saturated carbocycles. The fourth-order valence-corrected chi connectivity index (χ4v) is 3.60. The van der Waals surface area contributed by atoms with Crippen LogP contribution in [0.3, 0.4) is 0 Å². The van der Waals surface area contributed by atoms with Gasteiger partial charge in [-0.15, -0.1) is 11.6 Å². The molecule has 2 aromatic rings. The van der Waals surface area contributed by atoms with Crippen molar-refractivity contribution in [3.63, 3.8) is 0 Å². The SMILES string of the molecule is O=C(NCC1CCCC1CCl)c1ccnc2ccccc12. The van der Waals surface area contributed by atoms with Gasteiger partial charge in [0.05, 0.1) is 11.1 Å². The average Bonchev–Trinajstić information content (AvgIpc) is 2.99. The number of para-hydroxylation sites is 1. The number of nitrogens with zero attached hydrogens (tertiary/aromatic N) is 1. The van der Waals surface area contributed by atoms with Crippen molar-refractivity contribution >= 4 is 28.4 Å². The number of halogens is 1. The van der Waals surface area contributed by atoms with Crippen molar-refractivity contribution in [2.75, 3.05) is 12.4 Å². The molecule has 0 spiro atoms. The fourth-order valence-electron chi connectivity index (χ4n) is 3.20. The first-order chi connectivity index (χ1) is 10.3. The number of fused-ring (bicyclic) bond motifs is 1. The number of pyridine rings is 1. The molecule has 110 valence electrons. The highest BCUT2D eigenvalue weighted by molar-refractivity contribution is 6.18. The average molecular weight is 303 g/mol. The second-order valence-corrected chi connectivity index (χ2v) is 6.00. The number of carbonyl (C=O) groups excluding carboxylic acids is 1. The Bertz CT molecular complexity index is 638. The molecule has 0 radical (unpaired) electrons. The van der Waals surface area contributed by atoms with Gasteiger partial charge in [0, 0.05) is 24.0 Å². The van der Waals surface area contributed by atoms with Crippen molar-refractivity contribution in [2.24, 2.45) is 11.8 Å². The maximum absolute atomic E-state index is 12.4. The van der Waals surface area contributed by atoms with Crippen molar-refractivity contribution in [1.29, 1.82) is 0 Å². The first-order valence-electron chi connectivity index (χ1n) is 7.47. The number of carbonyl (C=O) groups is 1. The molecular weight excluding hydrogens is 284 g/mol. The van der Waals surface area contributed by atoms with Crippen molar-refractivity contribution in [3.8, 4) is 0 Å². The van der Waals surface area contributed by atoms with E-state index >= 15 is 0 Å². The number of alkyl halides is 1. The van der Waals surface area contributed by atoms with Crippen LogP contribution in [0.2, 0.25) is 0 Å². The largest absolute Gasteiger partial charge is 0.352 e. The predicted molar refractivity (Wildman–Crippen MR) is 85.6 cm³/mol. The highest BCUT2D eigenvalue weighted by atomic mass is 35.5. The van der Waals surface area contributed by atoms with Gasteiger partial charge in [-0.1, -0.05) is 24.6 Å². The standard InChI is InChI=1S/C17H19ClN2O/c18-10-12-4-3-5-13(12)11-20-17(21)15-8-9-19-16-7-2-1-6-14(15)16/h1-2,6-9,12-13H,3-5,10-11H2,(H,20,21). The number of nitrogens with one attached hydrogen (secondary N) is 1. The van der Waals surface area contributed by atoms with E-state index in [4.69, 9.17) is 11.6 Å². The Balaban J connectivity index is 1.72. The molecule has 1 aromatic heterocycles. The molecule has 3 nitrogen and oxygen atoms in total. The summed E-state index contributed by atoms with van der Waals surface area (Å²) in [5.74, 6) is 1.73. The molecule has 1 aliphatic carbocycles. The summed E-state index contributed by atoms with van der Waals surface area (Å²) in [6, 6.07) is 9.51. The summed E-state index contributed by atoms with van der Waals surface area (Å²) in [7, 11) is 0. The maximum Gasteiger partial charge on any atom is 0.252 e. The molecule has 1 heterocycles. The van der Waals surface area contributed by atoms with Crippen LogP contribution >= 0.6 is 11.6 Å². The lowest BCUT2D eigenvalue weighted by Gasteiger charge is -2.17. The van der Waals surface area contributed by atoms with E-state index in [-0.39, 0.29) is 5.91 Å². The predicted octanol–water partition coefficient (Wildman–Crippen LogP) is 3.62. The Morgan fingerprint density at radius 2 is 2.05 bits per heavy atom. The fraction of sp³-hybridized carbons (Fsp3) is 0.412. The lowest BCUT2D eigenvalue weighted by molar-refractivity contribution is 0.0946. The van der Waals surface area contributed by atoms with Crippen LogP contribution in [0.5, 0.6) is 0 Å². The first-order valence-corrected chi connectivity index (χ1v) is 8.01. The summed E-state index contributed by atoms with van der Waals surface area (Å²) in [5.41, 5.74) is 1.55. The quantitative estimate of drug-likeness (QED) is 0.877. The minimum Gasteiger partial charge on any atom is -0.352 e. The minimum atomic E-state index is -0.0196. The highest BCUT2D eigenvalue weighted by Gasteiger charge is 2.26. The van der Waals surface area contributed by atoms with E-state index in [1.54, 1.807) is 12.3 Å². The van der Waals surface area contributed by atoms with Gasteiger partial charge in [-0.25, -0.2) is 0 Å². The molecule has 2 atom stereocenters. The van der Waals surface area contributed by atoms with Gasteiger partial charge in [0.15, 0.2) is 0 Å². The highest BCUT2D eigenvalue weighted by Crippen LogP contribution is 2.32. The monoisotopic (exact) mass is 302 g/mol. The van der Waals surface area contributed by atoms with Crippen LogP contribution in [0.25, 0.3) is 10.9 Å². The minimum absolute atomic E-state index is 0.0196. The van der Waals surface area contributed by atoms with E-state index in [2.05, 4.69) is 10.3 Å². The molecule has 21 heavy (non-hydrogen) atoms. The van der Waals surface area contributed by atoms with Crippen molar-refractivity contribution in [3.05, 3.63) is 42.1 Å². The van der Waals surface area contributed by atoms with Gasteiger partial charge in [-0.3, -0.25) is 9.78 Å². The Kier molecular flexibility index (Phi) is 4.39. The van der Waals surface area contributed by atoms with Crippen LogP contribution in [0.1, 0.15) is 29.6 Å². The maximum atomic E-state index is 12.4. The molecule has 1 aliphatic rings. The topological polar surface area (TPSA) is 42.0 Å². The summed E-state index contributed by atoms with van der Waals surface area (Å²) in [6.45, 7) is 0.715. The third kappa shape index (κ3) is 3.03. The summed E-state index contributed by atoms with van der Waals surface area (Å²) >= 11 is 5.99. The molecule has 0 aliphatic heterocycles. The van der Waals surface area contributed by atoms with E-state index in [0.29, 0.717) is 29.8 Å². The van der Waals surface area contributed by atoms with E-state index < -0.39 is 0 Å². The van der Waals surface area contributed by atoms with Gasteiger partial charge in [-0.05, 0) is 36.8 Å². The molecule has 3 rings (SSSR count). The number of aromatic nitrogens is 1. The summed E-state index contributed by atoms with van der Waals surface area (Å²) in [5, 5.41) is 3.97. The zero-order valence-electron chi connectivity index (χ0n) is 11.9. The molecule has 2 unspecified atom stereocenters. The van der Waals surface area contributed by atoms with Crippen LogP contribution in [0.15, 0.2) is 36.5 Å². The van der Waals surface area contributed by atoms with Gasteiger partial charge in [0.2, 0.25) is 0 Å². The number of hydrogen-bond acceptors (Lipinski definition) is 2. The molecule has 1 N–H and O–H groups in total. The zero-order valence-corrected chi connectivity index (χ0v) is 12.6. The smallest absolute Gasteiger partial charge is 0.252 e. The lowest BCUT2D eigenvalue weighted by atomic mass is 9.98. The van der Waals surface area contributed by atoms with Crippen molar-refractivity contribution in [1.82, 2.24) is 10.3 Å². The molecule has 0 bridgehead atoms. The number of amides is 1. The Morgan fingerprint density at radius 3 is 2.90 bits per heavy atom.